The van der Waals surface area contributed by atoms with E-state index in [4.69, 9.17) is 5.11 Å². The van der Waals surface area contributed by atoms with E-state index in [1.807, 2.05) is 27.7 Å². The molecule has 0 aromatic rings. The van der Waals surface area contributed by atoms with Crippen LogP contribution in [0.15, 0.2) is 4.99 Å². The van der Waals surface area contributed by atoms with Gasteiger partial charge in [-0.15, -0.1) is 0 Å². The number of Topliss-reactive ketones (excluding diaryl/α,β-unsaturated/α-hetero) is 1. The van der Waals surface area contributed by atoms with Crippen LogP contribution in [-0.2, 0) is 4.79 Å². The number of hydrogen-bond donors (Lipinski definition) is 1. The van der Waals surface area contributed by atoms with Crippen LogP contribution in [0, 0.1) is 5.41 Å². The Morgan fingerprint density at radius 2 is 1.92 bits per heavy atom. The molecule has 0 saturated carbocycles. The standard InChI is InChI=1S/C10H19NO2/c1-8(11-5-6-12)7-9(13)10(2,3)4/h12H,5-7H2,1-4H3. The molecule has 0 aromatic heterocycles. The average molecular weight is 185 g/mol. The lowest BCUT2D eigenvalue weighted by molar-refractivity contribution is -0.125. The molecule has 76 valence electrons. The minimum atomic E-state index is -0.296. The molecule has 0 aromatic carbocycles. The van der Waals surface area contributed by atoms with E-state index in [0.717, 1.165) is 5.71 Å². The lowest BCUT2D eigenvalue weighted by Crippen LogP contribution is -2.22. The van der Waals surface area contributed by atoms with Gasteiger partial charge in [0.25, 0.3) is 0 Å². The highest BCUT2D eigenvalue weighted by molar-refractivity contribution is 6.02. The molecular formula is C10H19NO2. The van der Waals surface area contributed by atoms with Crippen molar-refractivity contribution < 1.29 is 9.90 Å². The van der Waals surface area contributed by atoms with Crippen LogP contribution in [0.2, 0.25) is 0 Å². The molecule has 0 spiro atoms. The molecule has 0 amide bonds. The molecule has 0 aliphatic carbocycles. The Bertz CT molecular complexity index is 201. The van der Waals surface area contributed by atoms with Crippen LogP contribution in [0.3, 0.4) is 0 Å². The second-order valence-corrected chi connectivity index (χ2v) is 4.19. The summed E-state index contributed by atoms with van der Waals surface area (Å²) in [4.78, 5) is 15.5. The van der Waals surface area contributed by atoms with Gasteiger partial charge in [0.1, 0.15) is 5.78 Å². The predicted octanol–water partition coefficient (Wildman–Crippen LogP) is 1.44. The first-order valence-corrected chi connectivity index (χ1v) is 4.52. The molecule has 0 radical (unpaired) electrons. The number of nitrogens with zero attached hydrogens (tertiary/aromatic N) is 1. The predicted molar refractivity (Wildman–Crippen MR) is 54.1 cm³/mol. The Labute approximate surface area is 79.9 Å². The summed E-state index contributed by atoms with van der Waals surface area (Å²) in [7, 11) is 0. The van der Waals surface area contributed by atoms with Gasteiger partial charge in [-0.05, 0) is 6.92 Å². The van der Waals surface area contributed by atoms with Gasteiger partial charge in [-0.3, -0.25) is 9.79 Å². The quantitative estimate of drug-likeness (QED) is 0.674. The van der Waals surface area contributed by atoms with E-state index in [2.05, 4.69) is 4.99 Å². The van der Waals surface area contributed by atoms with Gasteiger partial charge in [0.15, 0.2) is 0 Å². The Balaban J connectivity index is 4.07. The Morgan fingerprint density at radius 3 is 2.31 bits per heavy atom. The minimum absolute atomic E-state index is 0.0427. The molecule has 0 atom stereocenters. The number of carbonyl (C=O) groups excluding carboxylic acids is 1. The molecule has 3 heteroatoms. The lowest BCUT2D eigenvalue weighted by atomic mass is 9.88. The normalized spacial score (nSPS) is 13.2. The fourth-order valence-corrected chi connectivity index (χ4v) is 0.794. The van der Waals surface area contributed by atoms with E-state index in [0.29, 0.717) is 13.0 Å². The van der Waals surface area contributed by atoms with Gasteiger partial charge in [-0.1, -0.05) is 20.8 Å². The first kappa shape index (κ1) is 12.3. The van der Waals surface area contributed by atoms with Gasteiger partial charge >= 0.3 is 0 Å². The SMILES string of the molecule is CC(CC(=O)C(C)(C)C)=NCCO. The number of aliphatic hydroxyl groups is 1. The minimum Gasteiger partial charge on any atom is -0.394 e. The zero-order valence-corrected chi connectivity index (χ0v) is 8.92. The van der Waals surface area contributed by atoms with Crippen molar-refractivity contribution in [1.29, 1.82) is 0 Å². The van der Waals surface area contributed by atoms with Crippen molar-refractivity contribution in [2.75, 3.05) is 13.2 Å². The van der Waals surface area contributed by atoms with E-state index in [9.17, 15) is 4.79 Å². The van der Waals surface area contributed by atoms with Gasteiger partial charge in [0.05, 0.1) is 13.2 Å². The fourth-order valence-electron chi connectivity index (χ4n) is 0.794. The molecule has 0 aliphatic rings. The molecule has 0 heterocycles. The lowest BCUT2D eigenvalue weighted by Gasteiger charge is -2.15. The highest BCUT2D eigenvalue weighted by Crippen LogP contribution is 2.16. The first-order valence-electron chi connectivity index (χ1n) is 4.52. The topological polar surface area (TPSA) is 49.7 Å². The third-order valence-electron chi connectivity index (χ3n) is 1.73. The Morgan fingerprint density at radius 1 is 1.38 bits per heavy atom. The smallest absolute Gasteiger partial charge is 0.143 e. The maximum Gasteiger partial charge on any atom is 0.143 e. The molecule has 3 nitrogen and oxygen atoms in total. The van der Waals surface area contributed by atoms with E-state index in [1.165, 1.54) is 0 Å². The van der Waals surface area contributed by atoms with E-state index in [-0.39, 0.29) is 17.8 Å². The summed E-state index contributed by atoms with van der Waals surface area (Å²) in [5.41, 5.74) is 0.504. The number of ketones is 1. The van der Waals surface area contributed by atoms with Crippen molar-refractivity contribution in [3.63, 3.8) is 0 Å². The second kappa shape index (κ2) is 5.12. The largest absolute Gasteiger partial charge is 0.394 e. The third kappa shape index (κ3) is 5.53. The van der Waals surface area contributed by atoms with Crippen molar-refractivity contribution in [2.45, 2.75) is 34.1 Å². The Kier molecular flexibility index (Phi) is 4.85. The number of aliphatic hydroxyl groups excluding tert-OH is 1. The van der Waals surface area contributed by atoms with Gasteiger partial charge in [0, 0.05) is 17.5 Å². The number of aliphatic imine (C=N–C) groups is 1. The fraction of sp³-hybridized carbons (Fsp3) is 0.800. The number of carbonyl (C=O) groups is 1. The molecule has 0 fully saturated rings. The number of rotatable bonds is 4. The van der Waals surface area contributed by atoms with E-state index < -0.39 is 0 Å². The van der Waals surface area contributed by atoms with Crippen LogP contribution in [0.5, 0.6) is 0 Å². The molecule has 1 N–H and O–H groups in total. The second-order valence-electron chi connectivity index (χ2n) is 4.19. The molecule has 13 heavy (non-hydrogen) atoms. The van der Waals surface area contributed by atoms with Crippen molar-refractivity contribution in [1.82, 2.24) is 0 Å². The summed E-state index contributed by atoms with van der Waals surface area (Å²) in [6.07, 6.45) is 0.392. The monoisotopic (exact) mass is 185 g/mol. The van der Waals surface area contributed by atoms with Crippen molar-refractivity contribution in [3.05, 3.63) is 0 Å². The summed E-state index contributed by atoms with van der Waals surface area (Å²) in [5, 5.41) is 8.52. The van der Waals surface area contributed by atoms with Crippen LogP contribution in [0.1, 0.15) is 34.1 Å². The maximum absolute atomic E-state index is 11.5. The summed E-state index contributed by atoms with van der Waals surface area (Å²) in [6.45, 7) is 7.95. The summed E-state index contributed by atoms with van der Waals surface area (Å²) in [5.74, 6) is 0.187. The molecule has 0 bridgehead atoms. The zero-order valence-electron chi connectivity index (χ0n) is 8.92. The van der Waals surface area contributed by atoms with Gasteiger partial charge in [-0.2, -0.15) is 0 Å². The van der Waals surface area contributed by atoms with E-state index in [1.54, 1.807) is 0 Å². The van der Waals surface area contributed by atoms with Crippen LogP contribution in [0.25, 0.3) is 0 Å². The Hall–Kier alpha value is -0.700. The van der Waals surface area contributed by atoms with Crippen LogP contribution in [0.4, 0.5) is 0 Å². The molecular weight excluding hydrogens is 166 g/mol. The van der Waals surface area contributed by atoms with Crippen LogP contribution < -0.4 is 0 Å². The van der Waals surface area contributed by atoms with Gasteiger partial charge in [0.2, 0.25) is 0 Å². The maximum atomic E-state index is 11.5. The van der Waals surface area contributed by atoms with Gasteiger partial charge < -0.3 is 5.11 Å². The highest BCUT2D eigenvalue weighted by atomic mass is 16.3. The molecule has 0 saturated heterocycles. The first-order chi connectivity index (χ1) is 5.88. The molecule has 0 rings (SSSR count). The van der Waals surface area contributed by atoms with Crippen LogP contribution in [-0.4, -0.2) is 29.8 Å². The van der Waals surface area contributed by atoms with Crippen molar-refractivity contribution >= 4 is 11.5 Å². The molecule has 0 aliphatic heterocycles. The van der Waals surface area contributed by atoms with E-state index >= 15 is 0 Å². The van der Waals surface area contributed by atoms with Crippen molar-refractivity contribution in [3.8, 4) is 0 Å². The molecule has 0 unspecified atom stereocenters. The third-order valence-corrected chi connectivity index (χ3v) is 1.73. The summed E-state index contributed by atoms with van der Waals surface area (Å²) >= 11 is 0. The highest BCUT2D eigenvalue weighted by Gasteiger charge is 2.21. The zero-order chi connectivity index (χ0) is 10.5. The number of hydrogen-bond acceptors (Lipinski definition) is 3. The van der Waals surface area contributed by atoms with Crippen LogP contribution >= 0.6 is 0 Å². The van der Waals surface area contributed by atoms with Gasteiger partial charge in [-0.25, -0.2) is 0 Å². The summed E-state index contributed by atoms with van der Waals surface area (Å²) < 4.78 is 0. The summed E-state index contributed by atoms with van der Waals surface area (Å²) in [6, 6.07) is 0. The average Bonchev–Trinajstić information content (AvgIpc) is 1.99. The van der Waals surface area contributed by atoms with Crippen molar-refractivity contribution in [2.24, 2.45) is 10.4 Å².